The van der Waals surface area contributed by atoms with E-state index in [0.29, 0.717) is 40.6 Å². The van der Waals surface area contributed by atoms with Crippen LogP contribution in [0.2, 0.25) is 5.02 Å². The second kappa shape index (κ2) is 11.1. The smallest absolute Gasteiger partial charge is 0.179 e. The molecule has 2 N–H and O–H groups in total. The number of benzene rings is 4. The molecule has 10 heteroatoms. The van der Waals surface area contributed by atoms with E-state index in [-0.39, 0.29) is 11.8 Å². The minimum atomic E-state index is -0.373. The summed E-state index contributed by atoms with van der Waals surface area (Å²) in [6, 6.07) is 28.5. The predicted octanol–water partition coefficient (Wildman–Crippen LogP) is 7.74. The zero-order valence-electron chi connectivity index (χ0n) is 24.3. The van der Waals surface area contributed by atoms with Gasteiger partial charge in [-0.1, -0.05) is 48.0 Å². The number of aliphatic imine (C=N–C) groups is 2. The van der Waals surface area contributed by atoms with Crippen LogP contribution < -0.4 is 19.7 Å². The van der Waals surface area contributed by atoms with E-state index < -0.39 is 0 Å². The molecule has 1 aromatic heterocycles. The van der Waals surface area contributed by atoms with Crippen LogP contribution in [-0.4, -0.2) is 40.3 Å². The molecule has 0 saturated heterocycles. The second-order valence-corrected chi connectivity index (χ2v) is 10.8. The zero-order chi connectivity index (χ0) is 30.4. The van der Waals surface area contributed by atoms with Gasteiger partial charge in [-0.05, 0) is 74.0 Å². The summed E-state index contributed by atoms with van der Waals surface area (Å²) in [5, 5.41) is 19.5. The lowest BCUT2D eigenvalue weighted by molar-refractivity contribution is 0.317. The summed E-state index contributed by atoms with van der Waals surface area (Å²) in [5.74, 6) is 2.91. The van der Waals surface area contributed by atoms with Crippen molar-refractivity contribution in [3.05, 3.63) is 113 Å². The summed E-state index contributed by atoms with van der Waals surface area (Å²) >= 11 is 6.49. The number of phenolic OH excluding ortho intramolecular Hbond substituents is 1. The third-order valence-electron chi connectivity index (χ3n) is 7.65. The minimum Gasteiger partial charge on any atom is -0.504 e. The third-order valence-corrected chi connectivity index (χ3v) is 7.95. The first-order chi connectivity index (χ1) is 21.5. The molecular formula is C34H29ClN6O3. The number of nitrogens with one attached hydrogen (secondary N) is 1. The molecule has 9 nitrogen and oxygen atoms in total. The van der Waals surface area contributed by atoms with Crippen LogP contribution in [0.4, 0.5) is 22.9 Å². The monoisotopic (exact) mass is 604 g/mol. The van der Waals surface area contributed by atoms with Gasteiger partial charge in [0, 0.05) is 11.3 Å². The first-order valence-corrected chi connectivity index (χ1v) is 14.6. The van der Waals surface area contributed by atoms with Crippen molar-refractivity contribution in [3.63, 3.8) is 0 Å². The molecule has 5 aromatic rings. The Morgan fingerprint density at radius 1 is 0.932 bits per heavy atom. The average Bonchev–Trinajstić information content (AvgIpc) is 3.37. The highest BCUT2D eigenvalue weighted by Crippen LogP contribution is 2.49. The van der Waals surface area contributed by atoms with Crippen LogP contribution in [0.3, 0.4) is 0 Å². The number of hydrogen-bond acceptors (Lipinski definition) is 8. The van der Waals surface area contributed by atoms with Crippen LogP contribution in [0.25, 0.3) is 5.69 Å². The largest absolute Gasteiger partial charge is 0.504 e. The summed E-state index contributed by atoms with van der Waals surface area (Å²) in [7, 11) is 1.58. The van der Waals surface area contributed by atoms with E-state index in [1.165, 1.54) is 0 Å². The van der Waals surface area contributed by atoms with Gasteiger partial charge < -0.3 is 24.8 Å². The van der Waals surface area contributed by atoms with Crippen LogP contribution in [0, 0.1) is 6.92 Å². The van der Waals surface area contributed by atoms with Crippen LogP contribution in [0.1, 0.15) is 29.8 Å². The minimum absolute atomic E-state index is 0.0802. The lowest BCUT2D eigenvalue weighted by Crippen LogP contribution is -2.46. The number of aromatic nitrogens is 2. The number of phenols is 1. The molecule has 0 fully saturated rings. The number of nitrogens with zero attached hydrogens (tertiary/aromatic N) is 5. The van der Waals surface area contributed by atoms with Gasteiger partial charge in [-0.15, -0.1) is 0 Å². The molecular weight excluding hydrogens is 576 g/mol. The Balaban J connectivity index is 1.48. The summed E-state index contributed by atoms with van der Waals surface area (Å²) < 4.78 is 13.0. The van der Waals surface area contributed by atoms with E-state index in [0.717, 1.165) is 39.6 Å². The predicted molar refractivity (Wildman–Crippen MR) is 174 cm³/mol. The molecule has 2 aliphatic heterocycles. The number of anilines is 2. The number of hydrogen-bond donors (Lipinski definition) is 2. The van der Waals surface area contributed by atoms with Gasteiger partial charge in [0.2, 0.25) is 0 Å². The molecule has 0 saturated carbocycles. The summed E-state index contributed by atoms with van der Waals surface area (Å²) in [5.41, 5.74) is 5.96. The van der Waals surface area contributed by atoms with Crippen LogP contribution in [0.5, 0.6) is 17.2 Å². The van der Waals surface area contributed by atoms with Crippen LogP contribution in [0.15, 0.2) is 101 Å². The Morgan fingerprint density at radius 3 is 2.50 bits per heavy atom. The average molecular weight is 605 g/mol. The molecule has 3 heterocycles. The van der Waals surface area contributed by atoms with E-state index >= 15 is 0 Å². The maximum absolute atomic E-state index is 10.6. The highest BCUT2D eigenvalue weighted by Gasteiger charge is 2.41. The quantitative estimate of drug-likeness (QED) is 0.206. The number of aromatic hydroxyl groups is 1. The van der Waals surface area contributed by atoms with Crippen LogP contribution in [-0.2, 0) is 0 Å². The highest BCUT2D eigenvalue weighted by atomic mass is 35.5. The molecule has 220 valence electrons. The maximum Gasteiger partial charge on any atom is 0.179 e. The molecule has 1 atom stereocenters. The third kappa shape index (κ3) is 4.62. The van der Waals surface area contributed by atoms with E-state index in [1.54, 1.807) is 19.2 Å². The number of ether oxygens (including phenoxy) is 2. The van der Waals surface area contributed by atoms with Crippen molar-refractivity contribution < 1.29 is 14.6 Å². The van der Waals surface area contributed by atoms with Crippen molar-refractivity contribution in [3.8, 4) is 22.9 Å². The number of rotatable bonds is 6. The van der Waals surface area contributed by atoms with E-state index in [2.05, 4.69) is 10.2 Å². The van der Waals surface area contributed by atoms with E-state index in [4.69, 9.17) is 36.2 Å². The number of para-hydroxylation sites is 3. The summed E-state index contributed by atoms with van der Waals surface area (Å²) in [6.45, 7) is 4.31. The van der Waals surface area contributed by atoms with Gasteiger partial charge in [-0.3, -0.25) is 0 Å². The topological polar surface area (TPSA) is 96.5 Å². The van der Waals surface area contributed by atoms with Gasteiger partial charge in [0.1, 0.15) is 5.75 Å². The van der Waals surface area contributed by atoms with Gasteiger partial charge in [-0.25, -0.2) is 14.7 Å². The molecule has 0 bridgehead atoms. The molecule has 2 aliphatic rings. The fourth-order valence-electron chi connectivity index (χ4n) is 5.72. The first-order valence-electron chi connectivity index (χ1n) is 14.2. The Hall–Kier alpha value is -5.28. The Kier molecular flexibility index (Phi) is 6.94. The number of amidine groups is 2. The summed E-state index contributed by atoms with van der Waals surface area (Å²) in [4.78, 5) is 12.5. The van der Waals surface area contributed by atoms with E-state index in [1.807, 2.05) is 97.4 Å². The molecule has 4 aromatic carbocycles. The molecule has 0 unspecified atom stereocenters. The summed E-state index contributed by atoms with van der Waals surface area (Å²) in [6.07, 6.45) is 0. The van der Waals surface area contributed by atoms with Crippen molar-refractivity contribution in [1.29, 1.82) is 0 Å². The number of aryl methyl sites for hydroxylation is 1. The molecule has 0 radical (unpaired) electrons. The SMILES string of the molecule is CCOc1cc([C@H]2c3c(C)nn(-c4ccccc4)c3N=C3C(Nc4ccc(OC)c(Cl)c4)=Nc4ccccc4N32)ccc1O. The van der Waals surface area contributed by atoms with Crippen molar-refractivity contribution in [2.24, 2.45) is 9.98 Å². The number of methoxy groups -OCH3 is 1. The van der Waals surface area contributed by atoms with Gasteiger partial charge in [-0.2, -0.15) is 5.10 Å². The van der Waals surface area contributed by atoms with Crippen molar-refractivity contribution >= 4 is 46.2 Å². The lowest BCUT2D eigenvalue weighted by atomic mass is 9.93. The fourth-order valence-corrected chi connectivity index (χ4v) is 5.97. The van der Waals surface area contributed by atoms with E-state index in [9.17, 15) is 5.11 Å². The van der Waals surface area contributed by atoms with Crippen molar-refractivity contribution in [2.75, 3.05) is 23.9 Å². The van der Waals surface area contributed by atoms with Gasteiger partial charge in [0.15, 0.2) is 29.0 Å². The lowest BCUT2D eigenvalue weighted by Gasteiger charge is -2.40. The first kappa shape index (κ1) is 27.5. The number of halogens is 1. The Bertz CT molecular complexity index is 1950. The van der Waals surface area contributed by atoms with Gasteiger partial charge in [0.05, 0.1) is 47.5 Å². The zero-order valence-corrected chi connectivity index (χ0v) is 25.1. The normalized spacial score (nSPS) is 15.0. The van der Waals surface area contributed by atoms with Crippen molar-refractivity contribution in [2.45, 2.75) is 19.9 Å². The van der Waals surface area contributed by atoms with Gasteiger partial charge >= 0.3 is 0 Å². The van der Waals surface area contributed by atoms with Crippen molar-refractivity contribution in [1.82, 2.24) is 9.78 Å². The fraction of sp³-hybridized carbons (Fsp3) is 0.147. The molecule has 44 heavy (non-hydrogen) atoms. The van der Waals surface area contributed by atoms with Crippen LogP contribution >= 0.6 is 11.6 Å². The highest BCUT2D eigenvalue weighted by molar-refractivity contribution is 6.51. The van der Waals surface area contributed by atoms with Gasteiger partial charge in [0.25, 0.3) is 0 Å². The molecule has 0 spiro atoms. The molecule has 0 amide bonds. The molecule has 7 rings (SSSR count). The standard InChI is InChI=1S/C34H29ClN6O3/c1-4-44-29-18-21(14-16-27(29)42)31-30-20(2)39-41(23-10-6-5-7-11-23)33(30)38-34-32(36-22-15-17-28(43-3)24(35)19-22)37-25-12-8-9-13-26(25)40(31)34/h5-19,31,42H,4H2,1-3H3,(H,36,37)/t31-/m0/s1. The number of fused-ring (bicyclic) bond motifs is 4. The maximum atomic E-state index is 10.6. The second-order valence-electron chi connectivity index (χ2n) is 10.4. The molecule has 0 aliphatic carbocycles. The Labute approximate surface area is 259 Å². The Morgan fingerprint density at radius 2 is 1.73 bits per heavy atom.